The molecular formula is C18H22N4O2. The predicted octanol–water partition coefficient (Wildman–Crippen LogP) is 3.30. The van der Waals surface area contributed by atoms with E-state index in [0.29, 0.717) is 5.88 Å². The Hall–Kier alpha value is -2.63. The summed E-state index contributed by atoms with van der Waals surface area (Å²) in [6.45, 7) is 2.02. The number of benzene rings is 1. The normalized spacial score (nSPS) is 20.2. The number of carbonyl (C=O) groups excluding carboxylic acids is 1. The summed E-state index contributed by atoms with van der Waals surface area (Å²) in [4.78, 5) is 20.2. The van der Waals surface area contributed by atoms with E-state index in [9.17, 15) is 4.79 Å². The van der Waals surface area contributed by atoms with Crippen molar-refractivity contribution in [2.45, 2.75) is 44.8 Å². The second-order valence-electron chi connectivity index (χ2n) is 6.10. The van der Waals surface area contributed by atoms with Gasteiger partial charge in [-0.2, -0.15) is 0 Å². The van der Waals surface area contributed by atoms with Crippen LogP contribution in [0.4, 0.5) is 10.5 Å². The molecule has 1 saturated carbocycles. The molecule has 0 radical (unpaired) electrons. The molecule has 1 aliphatic rings. The number of nitrogens with one attached hydrogen (secondary N) is 2. The van der Waals surface area contributed by atoms with Crippen molar-refractivity contribution in [2.24, 2.45) is 0 Å². The average Bonchev–Trinajstić information content (AvgIpc) is 2.60. The lowest BCUT2D eigenvalue weighted by molar-refractivity contribution is 0.135. The lowest BCUT2D eigenvalue weighted by Gasteiger charge is -2.29. The maximum atomic E-state index is 12.1. The van der Waals surface area contributed by atoms with Gasteiger partial charge in [-0.1, -0.05) is 17.7 Å². The zero-order valence-corrected chi connectivity index (χ0v) is 13.7. The molecule has 0 atom stereocenters. The lowest BCUT2D eigenvalue weighted by atomic mass is 9.93. The Balaban J connectivity index is 1.41. The van der Waals surface area contributed by atoms with E-state index in [-0.39, 0.29) is 18.2 Å². The van der Waals surface area contributed by atoms with E-state index in [1.54, 1.807) is 18.6 Å². The molecule has 6 heteroatoms. The van der Waals surface area contributed by atoms with Crippen LogP contribution in [0.2, 0.25) is 0 Å². The largest absolute Gasteiger partial charge is 0.473 e. The summed E-state index contributed by atoms with van der Waals surface area (Å²) in [5.41, 5.74) is 1.97. The van der Waals surface area contributed by atoms with Crippen LogP contribution in [0.3, 0.4) is 0 Å². The predicted molar refractivity (Wildman–Crippen MR) is 92.0 cm³/mol. The average molecular weight is 326 g/mol. The minimum absolute atomic E-state index is 0.139. The number of aryl methyl sites for hydroxylation is 1. The molecule has 126 valence electrons. The molecule has 3 rings (SSSR count). The smallest absolute Gasteiger partial charge is 0.319 e. The van der Waals surface area contributed by atoms with Gasteiger partial charge < -0.3 is 15.4 Å². The topological polar surface area (TPSA) is 76.1 Å². The highest BCUT2D eigenvalue weighted by Gasteiger charge is 2.23. The van der Waals surface area contributed by atoms with E-state index in [1.165, 1.54) is 5.56 Å². The van der Waals surface area contributed by atoms with Crippen molar-refractivity contribution < 1.29 is 9.53 Å². The molecule has 2 N–H and O–H groups in total. The van der Waals surface area contributed by atoms with Gasteiger partial charge in [-0.25, -0.2) is 9.78 Å². The molecule has 2 aromatic rings. The van der Waals surface area contributed by atoms with Crippen LogP contribution in [0.25, 0.3) is 0 Å². The Morgan fingerprint density at radius 1 is 1.12 bits per heavy atom. The minimum atomic E-state index is -0.155. The Bertz CT molecular complexity index is 652. The molecule has 2 amide bonds. The van der Waals surface area contributed by atoms with Crippen molar-refractivity contribution >= 4 is 11.7 Å². The number of amides is 2. The highest BCUT2D eigenvalue weighted by Crippen LogP contribution is 2.22. The summed E-state index contributed by atoms with van der Waals surface area (Å²) in [6.07, 6.45) is 8.59. The molecule has 0 aliphatic heterocycles. The second kappa shape index (κ2) is 7.77. The first-order valence-corrected chi connectivity index (χ1v) is 8.26. The van der Waals surface area contributed by atoms with Gasteiger partial charge in [0, 0.05) is 24.1 Å². The molecule has 1 aromatic heterocycles. The molecular weight excluding hydrogens is 304 g/mol. The molecule has 1 aliphatic carbocycles. The maximum Gasteiger partial charge on any atom is 0.319 e. The molecule has 0 bridgehead atoms. The summed E-state index contributed by atoms with van der Waals surface area (Å²) < 4.78 is 5.81. The van der Waals surface area contributed by atoms with Crippen molar-refractivity contribution in [2.75, 3.05) is 5.32 Å². The van der Waals surface area contributed by atoms with Crippen LogP contribution in [0.15, 0.2) is 42.9 Å². The van der Waals surface area contributed by atoms with Crippen LogP contribution < -0.4 is 15.4 Å². The van der Waals surface area contributed by atoms with Crippen molar-refractivity contribution in [1.29, 1.82) is 0 Å². The van der Waals surface area contributed by atoms with Gasteiger partial charge in [0.15, 0.2) is 0 Å². The Kier molecular flexibility index (Phi) is 5.25. The Morgan fingerprint density at radius 3 is 2.54 bits per heavy atom. The summed E-state index contributed by atoms with van der Waals surface area (Å²) >= 11 is 0. The highest BCUT2D eigenvalue weighted by atomic mass is 16.5. The number of carbonyl (C=O) groups is 1. The van der Waals surface area contributed by atoms with E-state index in [4.69, 9.17) is 4.74 Å². The minimum Gasteiger partial charge on any atom is -0.473 e. The molecule has 1 aromatic carbocycles. The number of hydrogen-bond donors (Lipinski definition) is 2. The number of ether oxygens (including phenoxy) is 1. The standard InChI is InChI=1S/C18H22N4O2/c1-13-2-4-14(5-3-13)21-18(23)22-15-6-8-16(9-7-15)24-17-12-19-10-11-20-17/h2-5,10-12,15-16H,6-9H2,1H3,(H2,21,22,23). The fourth-order valence-corrected chi connectivity index (χ4v) is 2.83. The van der Waals surface area contributed by atoms with Crippen molar-refractivity contribution in [3.05, 3.63) is 48.4 Å². The number of aromatic nitrogens is 2. The molecule has 0 unspecified atom stereocenters. The third-order valence-corrected chi connectivity index (χ3v) is 4.15. The molecule has 1 fully saturated rings. The number of rotatable bonds is 4. The molecule has 1 heterocycles. The molecule has 6 nitrogen and oxygen atoms in total. The first-order chi connectivity index (χ1) is 11.7. The third kappa shape index (κ3) is 4.68. The van der Waals surface area contributed by atoms with Crippen LogP contribution in [-0.2, 0) is 0 Å². The quantitative estimate of drug-likeness (QED) is 0.904. The summed E-state index contributed by atoms with van der Waals surface area (Å²) in [5, 5.41) is 5.90. The van der Waals surface area contributed by atoms with E-state index >= 15 is 0 Å². The third-order valence-electron chi connectivity index (χ3n) is 4.15. The van der Waals surface area contributed by atoms with E-state index in [1.807, 2.05) is 31.2 Å². The number of anilines is 1. The van der Waals surface area contributed by atoms with E-state index < -0.39 is 0 Å². The van der Waals surface area contributed by atoms with Gasteiger partial charge in [0.2, 0.25) is 5.88 Å². The Labute approximate surface area is 141 Å². The summed E-state index contributed by atoms with van der Waals surface area (Å²) in [5.74, 6) is 0.561. The highest BCUT2D eigenvalue weighted by molar-refractivity contribution is 5.89. The van der Waals surface area contributed by atoms with Gasteiger partial charge in [0.25, 0.3) is 0 Å². The van der Waals surface area contributed by atoms with Gasteiger partial charge >= 0.3 is 6.03 Å². The SMILES string of the molecule is Cc1ccc(NC(=O)NC2CCC(Oc3cnccn3)CC2)cc1. The van der Waals surface area contributed by atoms with Gasteiger partial charge in [-0.3, -0.25) is 4.98 Å². The van der Waals surface area contributed by atoms with Crippen molar-refractivity contribution in [3.8, 4) is 5.88 Å². The van der Waals surface area contributed by atoms with Crippen LogP contribution in [0, 0.1) is 6.92 Å². The summed E-state index contributed by atoms with van der Waals surface area (Å²) in [6, 6.07) is 7.78. The molecule has 0 spiro atoms. The molecule has 24 heavy (non-hydrogen) atoms. The van der Waals surface area contributed by atoms with Gasteiger partial charge in [-0.15, -0.1) is 0 Å². The monoisotopic (exact) mass is 326 g/mol. The lowest BCUT2D eigenvalue weighted by Crippen LogP contribution is -2.41. The summed E-state index contributed by atoms with van der Waals surface area (Å²) in [7, 11) is 0. The van der Waals surface area contributed by atoms with Crippen molar-refractivity contribution in [1.82, 2.24) is 15.3 Å². The van der Waals surface area contributed by atoms with E-state index in [2.05, 4.69) is 20.6 Å². The zero-order valence-electron chi connectivity index (χ0n) is 13.7. The van der Waals surface area contributed by atoms with Crippen LogP contribution in [0.5, 0.6) is 5.88 Å². The van der Waals surface area contributed by atoms with Gasteiger partial charge in [0.05, 0.1) is 6.20 Å². The first-order valence-electron chi connectivity index (χ1n) is 8.26. The van der Waals surface area contributed by atoms with E-state index in [0.717, 1.165) is 31.4 Å². The number of hydrogen-bond acceptors (Lipinski definition) is 4. The number of urea groups is 1. The van der Waals surface area contributed by atoms with Gasteiger partial charge in [-0.05, 0) is 44.7 Å². The number of nitrogens with zero attached hydrogens (tertiary/aromatic N) is 2. The second-order valence-corrected chi connectivity index (χ2v) is 6.10. The van der Waals surface area contributed by atoms with Crippen molar-refractivity contribution in [3.63, 3.8) is 0 Å². The fraction of sp³-hybridized carbons (Fsp3) is 0.389. The fourth-order valence-electron chi connectivity index (χ4n) is 2.83. The van der Waals surface area contributed by atoms with Crippen LogP contribution in [0.1, 0.15) is 31.2 Å². The van der Waals surface area contributed by atoms with Gasteiger partial charge in [0.1, 0.15) is 6.10 Å². The zero-order chi connectivity index (χ0) is 16.8. The van der Waals surface area contributed by atoms with Crippen LogP contribution >= 0.6 is 0 Å². The maximum absolute atomic E-state index is 12.1. The Morgan fingerprint density at radius 2 is 1.88 bits per heavy atom. The molecule has 0 saturated heterocycles. The first kappa shape index (κ1) is 16.2. The van der Waals surface area contributed by atoms with Crippen LogP contribution in [-0.4, -0.2) is 28.1 Å².